The number of aromatic nitrogens is 2. The van der Waals surface area contributed by atoms with E-state index in [0.717, 1.165) is 27.7 Å². The summed E-state index contributed by atoms with van der Waals surface area (Å²) in [5, 5.41) is 9.83. The average molecular weight is 455 g/mol. The van der Waals surface area contributed by atoms with E-state index in [4.69, 9.17) is 24.5 Å². The van der Waals surface area contributed by atoms with Crippen molar-refractivity contribution in [3.05, 3.63) is 22.7 Å². The van der Waals surface area contributed by atoms with Gasteiger partial charge in [0.2, 0.25) is 5.95 Å². The van der Waals surface area contributed by atoms with Crippen molar-refractivity contribution >= 4 is 38.6 Å². The van der Waals surface area contributed by atoms with E-state index < -0.39 is 0 Å². The topological polar surface area (TPSA) is 71.0 Å². The van der Waals surface area contributed by atoms with Crippen molar-refractivity contribution in [3.8, 4) is 0 Å². The Labute approximate surface area is 175 Å². The molecule has 0 spiro atoms. The second-order valence-corrected chi connectivity index (χ2v) is 7.99. The maximum atomic E-state index is 8.84. The minimum absolute atomic E-state index is 0.0224. The zero-order valence-corrected chi connectivity index (χ0v) is 18.9. The van der Waals surface area contributed by atoms with E-state index in [1.54, 1.807) is 7.11 Å². The van der Waals surface area contributed by atoms with Crippen LogP contribution in [0.4, 0.5) is 11.8 Å². The molecule has 0 radical (unpaired) electrons. The van der Waals surface area contributed by atoms with Crippen LogP contribution in [0.2, 0.25) is 0 Å². The molecule has 0 saturated heterocycles. The summed E-state index contributed by atoms with van der Waals surface area (Å²) in [6.07, 6.45) is 0.107. The Bertz CT molecular complexity index is 760. The van der Waals surface area contributed by atoms with Crippen molar-refractivity contribution in [2.75, 3.05) is 63.9 Å². The molecule has 7 nitrogen and oxygen atoms in total. The van der Waals surface area contributed by atoms with Crippen molar-refractivity contribution in [1.29, 1.82) is 0 Å². The SMILES string of the molecule is COC(CN(C)c1nc(N(C)CCOCCO)nc2c(Br)cccc12)C(C)C. The number of halogens is 1. The maximum Gasteiger partial charge on any atom is 0.227 e. The highest BCUT2D eigenvalue weighted by atomic mass is 79.9. The van der Waals surface area contributed by atoms with E-state index in [9.17, 15) is 0 Å². The second-order valence-electron chi connectivity index (χ2n) is 7.14. The monoisotopic (exact) mass is 454 g/mol. The molecule has 1 aromatic carbocycles. The van der Waals surface area contributed by atoms with Gasteiger partial charge in [0, 0.05) is 44.2 Å². The number of aliphatic hydroxyl groups is 1. The third kappa shape index (κ3) is 5.76. The van der Waals surface area contributed by atoms with Crippen LogP contribution in [0.1, 0.15) is 13.8 Å². The zero-order chi connectivity index (χ0) is 20.7. The number of likely N-dealkylation sites (N-methyl/N-ethyl adjacent to an activating group) is 2. The number of para-hydroxylation sites is 1. The second kappa shape index (κ2) is 10.9. The standard InChI is InChI=1S/C20H31BrN4O3/c1-14(2)17(27-5)13-25(4)19-15-7-6-8-16(21)18(15)22-20(23-19)24(3)9-11-28-12-10-26/h6-8,14,17,26H,9-13H2,1-5H3. The van der Waals surface area contributed by atoms with Crippen molar-refractivity contribution in [3.63, 3.8) is 0 Å². The Balaban J connectivity index is 2.36. The highest BCUT2D eigenvalue weighted by molar-refractivity contribution is 9.10. The fraction of sp³-hybridized carbons (Fsp3) is 0.600. The van der Waals surface area contributed by atoms with E-state index in [-0.39, 0.29) is 12.7 Å². The van der Waals surface area contributed by atoms with Gasteiger partial charge in [-0.25, -0.2) is 4.98 Å². The number of benzene rings is 1. The number of aliphatic hydroxyl groups excluding tert-OH is 1. The Kier molecular flexibility index (Phi) is 8.88. The molecule has 0 saturated carbocycles. The molecule has 0 fully saturated rings. The number of hydrogen-bond acceptors (Lipinski definition) is 7. The number of anilines is 2. The van der Waals surface area contributed by atoms with E-state index >= 15 is 0 Å². The molecule has 0 amide bonds. The lowest BCUT2D eigenvalue weighted by Gasteiger charge is -2.28. The minimum atomic E-state index is 0.0224. The largest absolute Gasteiger partial charge is 0.394 e. The molecule has 156 valence electrons. The van der Waals surface area contributed by atoms with Gasteiger partial charge in [0.05, 0.1) is 31.4 Å². The predicted octanol–water partition coefficient (Wildman–Crippen LogP) is 2.94. The van der Waals surface area contributed by atoms with E-state index in [0.29, 0.717) is 31.6 Å². The summed E-state index contributed by atoms with van der Waals surface area (Å²) < 4.78 is 12.0. The van der Waals surface area contributed by atoms with Crippen LogP contribution in [0, 0.1) is 5.92 Å². The molecule has 2 aromatic rings. The van der Waals surface area contributed by atoms with Crippen LogP contribution in [-0.2, 0) is 9.47 Å². The van der Waals surface area contributed by atoms with Crippen molar-refractivity contribution in [1.82, 2.24) is 9.97 Å². The molecule has 1 N–H and O–H groups in total. The van der Waals surface area contributed by atoms with E-state index in [2.05, 4.69) is 34.7 Å². The molecule has 1 aromatic heterocycles. The van der Waals surface area contributed by atoms with Crippen molar-refractivity contribution < 1.29 is 14.6 Å². The van der Waals surface area contributed by atoms with Crippen LogP contribution in [0.5, 0.6) is 0 Å². The fourth-order valence-electron chi connectivity index (χ4n) is 2.93. The molecule has 0 aliphatic rings. The summed E-state index contributed by atoms with van der Waals surface area (Å²) >= 11 is 3.62. The van der Waals surface area contributed by atoms with Crippen LogP contribution in [0.15, 0.2) is 22.7 Å². The molecule has 0 aliphatic carbocycles. The van der Waals surface area contributed by atoms with Crippen LogP contribution in [0.25, 0.3) is 10.9 Å². The summed E-state index contributed by atoms with van der Waals surface area (Å²) in [4.78, 5) is 13.7. The summed E-state index contributed by atoms with van der Waals surface area (Å²) in [6, 6.07) is 6.02. The van der Waals surface area contributed by atoms with Crippen LogP contribution in [-0.4, -0.2) is 75.3 Å². The van der Waals surface area contributed by atoms with Gasteiger partial charge in [-0.2, -0.15) is 4.98 Å². The number of fused-ring (bicyclic) bond motifs is 1. The van der Waals surface area contributed by atoms with Gasteiger partial charge in [-0.05, 0) is 34.0 Å². The molecule has 2 rings (SSSR count). The summed E-state index contributed by atoms with van der Waals surface area (Å²) in [7, 11) is 5.72. The number of rotatable bonds is 11. The first kappa shape index (κ1) is 22.8. The Hall–Kier alpha value is -1.48. The Morgan fingerprint density at radius 2 is 1.89 bits per heavy atom. The molecule has 28 heavy (non-hydrogen) atoms. The first-order valence-corrected chi connectivity index (χ1v) is 10.3. The summed E-state index contributed by atoms with van der Waals surface area (Å²) in [5.74, 6) is 1.90. The lowest BCUT2D eigenvalue weighted by atomic mass is 10.1. The third-order valence-corrected chi connectivity index (χ3v) is 5.30. The van der Waals surface area contributed by atoms with Crippen LogP contribution < -0.4 is 9.80 Å². The van der Waals surface area contributed by atoms with Gasteiger partial charge in [0.15, 0.2) is 0 Å². The van der Waals surface area contributed by atoms with Gasteiger partial charge in [-0.3, -0.25) is 0 Å². The zero-order valence-electron chi connectivity index (χ0n) is 17.4. The van der Waals surface area contributed by atoms with E-state index in [1.807, 2.05) is 37.2 Å². The smallest absolute Gasteiger partial charge is 0.227 e. The highest BCUT2D eigenvalue weighted by Gasteiger charge is 2.20. The summed E-state index contributed by atoms with van der Waals surface area (Å²) in [5.41, 5.74) is 0.871. The van der Waals surface area contributed by atoms with E-state index in [1.165, 1.54) is 0 Å². The molecular formula is C20H31BrN4O3. The normalized spacial score (nSPS) is 12.6. The molecule has 1 heterocycles. The molecule has 1 atom stereocenters. The lowest BCUT2D eigenvalue weighted by molar-refractivity contribution is 0.0711. The number of methoxy groups -OCH3 is 1. The van der Waals surface area contributed by atoms with Gasteiger partial charge < -0.3 is 24.4 Å². The quantitative estimate of drug-likeness (QED) is 0.523. The molecule has 1 unspecified atom stereocenters. The molecule has 8 heteroatoms. The van der Waals surface area contributed by atoms with Crippen LogP contribution >= 0.6 is 15.9 Å². The highest BCUT2D eigenvalue weighted by Crippen LogP contribution is 2.31. The molecule has 0 aliphatic heterocycles. The minimum Gasteiger partial charge on any atom is -0.394 e. The summed E-state index contributed by atoms with van der Waals surface area (Å²) in [6.45, 7) is 6.53. The van der Waals surface area contributed by atoms with Gasteiger partial charge in [0.1, 0.15) is 5.82 Å². The average Bonchev–Trinajstić information content (AvgIpc) is 2.68. The number of nitrogens with zero attached hydrogens (tertiary/aromatic N) is 4. The third-order valence-electron chi connectivity index (χ3n) is 4.66. The van der Waals surface area contributed by atoms with Gasteiger partial charge in [-0.15, -0.1) is 0 Å². The Morgan fingerprint density at radius 1 is 1.14 bits per heavy atom. The lowest BCUT2D eigenvalue weighted by Crippen LogP contribution is -2.35. The number of hydrogen-bond donors (Lipinski definition) is 1. The first-order chi connectivity index (χ1) is 13.4. The molecule has 0 bridgehead atoms. The fourth-order valence-corrected chi connectivity index (χ4v) is 3.39. The number of ether oxygens (including phenoxy) is 2. The molecular weight excluding hydrogens is 424 g/mol. The van der Waals surface area contributed by atoms with Crippen LogP contribution in [0.3, 0.4) is 0 Å². The maximum absolute atomic E-state index is 8.84. The van der Waals surface area contributed by atoms with Gasteiger partial charge in [0.25, 0.3) is 0 Å². The first-order valence-electron chi connectivity index (χ1n) is 9.49. The van der Waals surface area contributed by atoms with Gasteiger partial charge >= 0.3 is 0 Å². The van der Waals surface area contributed by atoms with Crippen molar-refractivity contribution in [2.24, 2.45) is 5.92 Å². The predicted molar refractivity (Wildman–Crippen MR) is 117 cm³/mol. The van der Waals surface area contributed by atoms with Gasteiger partial charge in [-0.1, -0.05) is 19.9 Å². The van der Waals surface area contributed by atoms with Crippen molar-refractivity contribution in [2.45, 2.75) is 20.0 Å². The Morgan fingerprint density at radius 3 is 2.54 bits per heavy atom.